The normalized spacial score (nSPS) is 11.5. The van der Waals surface area contributed by atoms with Gasteiger partial charge < -0.3 is 15.5 Å². The van der Waals surface area contributed by atoms with E-state index in [0.29, 0.717) is 16.4 Å². The molecular formula is C22H22ClN5O3. The Morgan fingerprint density at radius 2 is 1.90 bits per heavy atom. The molecule has 31 heavy (non-hydrogen) atoms. The van der Waals surface area contributed by atoms with Crippen molar-refractivity contribution in [2.24, 2.45) is 0 Å². The second-order valence-electron chi connectivity index (χ2n) is 7.12. The summed E-state index contributed by atoms with van der Waals surface area (Å²) in [6.45, 7) is 1.86. The van der Waals surface area contributed by atoms with E-state index in [1.807, 2.05) is 38.1 Å². The first-order valence-electron chi connectivity index (χ1n) is 9.50. The number of anilines is 3. The number of aromatic nitrogens is 1. The molecule has 0 aliphatic carbocycles. The van der Waals surface area contributed by atoms with Crippen LogP contribution in [0.2, 0.25) is 5.02 Å². The molecule has 8 nitrogen and oxygen atoms in total. The van der Waals surface area contributed by atoms with Gasteiger partial charge in [0, 0.05) is 36.9 Å². The zero-order chi connectivity index (χ0) is 22.5. The van der Waals surface area contributed by atoms with Gasteiger partial charge in [0.15, 0.2) is 0 Å². The minimum Gasteiger partial charge on any atom is -0.376 e. The second-order valence-corrected chi connectivity index (χ2v) is 7.56. The zero-order valence-electron chi connectivity index (χ0n) is 17.3. The molecule has 1 atom stereocenters. The maximum absolute atomic E-state index is 12.8. The number of amides is 1. The first-order valence-corrected chi connectivity index (χ1v) is 9.88. The highest BCUT2D eigenvalue weighted by Crippen LogP contribution is 2.31. The predicted octanol–water partition coefficient (Wildman–Crippen LogP) is 5.13. The number of nitrogens with one attached hydrogen (secondary N) is 2. The molecule has 1 aromatic heterocycles. The number of nitro benzene ring substituents is 1. The molecule has 0 radical (unpaired) electrons. The van der Waals surface area contributed by atoms with E-state index in [2.05, 4.69) is 15.6 Å². The first kappa shape index (κ1) is 22.0. The van der Waals surface area contributed by atoms with Crippen molar-refractivity contribution in [2.45, 2.75) is 13.0 Å². The van der Waals surface area contributed by atoms with Crippen LogP contribution >= 0.6 is 11.6 Å². The lowest BCUT2D eigenvalue weighted by Crippen LogP contribution is -2.17. The van der Waals surface area contributed by atoms with Crippen molar-refractivity contribution in [3.63, 3.8) is 0 Å². The van der Waals surface area contributed by atoms with Crippen LogP contribution in [0.15, 0.2) is 60.8 Å². The predicted molar refractivity (Wildman–Crippen MR) is 123 cm³/mol. The van der Waals surface area contributed by atoms with Crippen molar-refractivity contribution < 1.29 is 9.72 Å². The summed E-state index contributed by atoms with van der Waals surface area (Å²) >= 11 is 6.06. The highest BCUT2D eigenvalue weighted by Gasteiger charge is 2.20. The topological polar surface area (TPSA) is 100 Å². The minimum absolute atomic E-state index is 0.160. The van der Waals surface area contributed by atoms with Crippen LogP contribution in [0, 0.1) is 10.1 Å². The van der Waals surface area contributed by atoms with Crippen LogP contribution in [0.5, 0.6) is 0 Å². The molecule has 3 rings (SSSR count). The average Bonchev–Trinajstić information content (AvgIpc) is 2.74. The molecule has 0 aliphatic rings. The number of halogens is 1. The fourth-order valence-electron chi connectivity index (χ4n) is 3.08. The van der Waals surface area contributed by atoms with Crippen LogP contribution in [0.1, 0.15) is 29.0 Å². The summed E-state index contributed by atoms with van der Waals surface area (Å²) in [5.74, 6) is -0.474. The van der Waals surface area contributed by atoms with Gasteiger partial charge in [0.2, 0.25) is 0 Å². The number of carbonyl (C=O) groups is 1. The number of nitrogens with zero attached hydrogens (tertiary/aromatic N) is 3. The zero-order valence-corrected chi connectivity index (χ0v) is 18.1. The van der Waals surface area contributed by atoms with Gasteiger partial charge in [0.1, 0.15) is 5.69 Å². The number of rotatable bonds is 7. The molecule has 160 valence electrons. The Labute approximate surface area is 185 Å². The standard InChI is InChI=1S/C22H22ClN5O3/c1-14(17-6-4-5-11-24-17)25-18-9-7-15(12-21(18)28(30)31)22(29)26-19-13-16(23)8-10-20(19)27(2)3/h4-14,25H,1-3H3,(H,26,29). The van der Waals surface area contributed by atoms with E-state index in [4.69, 9.17) is 11.6 Å². The van der Waals surface area contributed by atoms with E-state index in [1.165, 1.54) is 18.2 Å². The van der Waals surface area contributed by atoms with Crippen molar-refractivity contribution >= 4 is 40.3 Å². The maximum atomic E-state index is 12.8. The number of pyridine rings is 1. The lowest BCUT2D eigenvalue weighted by molar-refractivity contribution is -0.384. The summed E-state index contributed by atoms with van der Waals surface area (Å²) in [5, 5.41) is 18.0. The quantitative estimate of drug-likeness (QED) is 0.390. The molecule has 0 saturated heterocycles. The van der Waals surface area contributed by atoms with Crippen LogP contribution in [-0.2, 0) is 0 Å². The van der Waals surface area contributed by atoms with Crippen LogP contribution < -0.4 is 15.5 Å². The molecule has 9 heteroatoms. The molecule has 1 heterocycles. The van der Waals surface area contributed by atoms with Crippen molar-refractivity contribution in [3.8, 4) is 0 Å². The molecule has 1 amide bonds. The van der Waals surface area contributed by atoms with Crippen molar-refractivity contribution in [2.75, 3.05) is 29.6 Å². The van der Waals surface area contributed by atoms with E-state index in [1.54, 1.807) is 30.5 Å². The highest BCUT2D eigenvalue weighted by molar-refractivity contribution is 6.31. The number of nitro groups is 1. The van der Waals surface area contributed by atoms with Crippen molar-refractivity contribution in [1.82, 2.24) is 4.98 Å². The molecule has 0 aliphatic heterocycles. The fourth-order valence-corrected chi connectivity index (χ4v) is 3.25. The van der Waals surface area contributed by atoms with Crippen LogP contribution in [0.3, 0.4) is 0 Å². The molecule has 2 N–H and O–H groups in total. The molecule has 1 unspecified atom stereocenters. The van der Waals surface area contributed by atoms with Crippen LogP contribution in [-0.4, -0.2) is 29.9 Å². The van der Waals surface area contributed by atoms with Gasteiger partial charge in [-0.25, -0.2) is 0 Å². The molecular weight excluding hydrogens is 418 g/mol. The van der Waals surface area contributed by atoms with Gasteiger partial charge in [-0.1, -0.05) is 17.7 Å². The summed E-state index contributed by atoms with van der Waals surface area (Å²) in [5.41, 5.74) is 2.28. The Morgan fingerprint density at radius 1 is 1.13 bits per heavy atom. The third-order valence-corrected chi connectivity index (χ3v) is 4.88. The van der Waals surface area contributed by atoms with Gasteiger partial charge >= 0.3 is 0 Å². The van der Waals surface area contributed by atoms with Crippen molar-refractivity contribution in [3.05, 3.63) is 87.2 Å². The summed E-state index contributed by atoms with van der Waals surface area (Å²) in [6, 6.07) is 14.7. The number of hydrogen-bond acceptors (Lipinski definition) is 6. The molecule has 3 aromatic rings. The lowest BCUT2D eigenvalue weighted by Gasteiger charge is -2.18. The van der Waals surface area contributed by atoms with E-state index in [-0.39, 0.29) is 17.3 Å². The van der Waals surface area contributed by atoms with Gasteiger partial charge in [-0.15, -0.1) is 0 Å². The van der Waals surface area contributed by atoms with Gasteiger partial charge in [0.25, 0.3) is 11.6 Å². The maximum Gasteiger partial charge on any atom is 0.293 e. The third kappa shape index (κ3) is 5.29. The molecule has 0 bridgehead atoms. The Balaban J connectivity index is 1.86. The van der Waals surface area contributed by atoms with E-state index >= 15 is 0 Å². The number of benzene rings is 2. The summed E-state index contributed by atoms with van der Waals surface area (Å²) in [6.07, 6.45) is 1.66. The van der Waals surface area contributed by atoms with Crippen molar-refractivity contribution in [1.29, 1.82) is 0 Å². The van der Waals surface area contributed by atoms with E-state index in [0.717, 1.165) is 11.4 Å². The highest BCUT2D eigenvalue weighted by atomic mass is 35.5. The van der Waals surface area contributed by atoms with E-state index in [9.17, 15) is 14.9 Å². The molecule has 0 spiro atoms. The van der Waals surface area contributed by atoms with Gasteiger partial charge in [-0.2, -0.15) is 0 Å². The summed E-state index contributed by atoms with van der Waals surface area (Å²) < 4.78 is 0. The lowest BCUT2D eigenvalue weighted by atomic mass is 10.1. The third-order valence-electron chi connectivity index (χ3n) is 4.65. The average molecular weight is 440 g/mol. The monoisotopic (exact) mass is 439 g/mol. The Hall–Kier alpha value is -3.65. The van der Waals surface area contributed by atoms with E-state index < -0.39 is 10.8 Å². The number of hydrogen-bond donors (Lipinski definition) is 2. The van der Waals surface area contributed by atoms with Crippen LogP contribution in [0.4, 0.5) is 22.7 Å². The SMILES string of the molecule is CC(Nc1ccc(C(=O)Nc2cc(Cl)ccc2N(C)C)cc1[N+](=O)[O-])c1ccccn1. The summed E-state index contributed by atoms with van der Waals surface area (Å²) in [4.78, 5) is 30.0. The summed E-state index contributed by atoms with van der Waals surface area (Å²) in [7, 11) is 3.68. The largest absolute Gasteiger partial charge is 0.376 e. The Bertz CT molecular complexity index is 1110. The van der Waals surface area contributed by atoms with Gasteiger partial charge in [0.05, 0.1) is 28.0 Å². The molecule has 2 aromatic carbocycles. The molecule has 0 fully saturated rings. The smallest absolute Gasteiger partial charge is 0.293 e. The first-order chi connectivity index (χ1) is 14.8. The Kier molecular flexibility index (Phi) is 6.71. The second kappa shape index (κ2) is 9.44. The minimum atomic E-state index is -0.519. The fraction of sp³-hybridized carbons (Fsp3) is 0.182. The van der Waals surface area contributed by atoms with Gasteiger partial charge in [-0.05, 0) is 49.4 Å². The molecule has 0 saturated carbocycles. The number of carbonyl (C=O) groups excluding carboxylic acids is 1. The van der Waals surface area contributed by atoms with Gasteiger partial charge in [-0.3, -0.25) is 19.9 Å². The van der Waals surface area contributed by atoms with Crippen LogP contribution in [0.25, 0.3) is 0 Å². The Morgan fingerprint density at radius 3 is 2.55 bits per heavy atom.